The molecule has 6 nitrogen and oxygen atoms in total. The third-order valence-corrected chi connectivity index (χ3v) is 5.18. The molecule has 0 radical (unpaired) electrons. The van der Waals surface area contributed by atoms with Crippen LogP contribution in [0.15, 0.2) is 76.5 Å². The lowest BCUT2D eigenvalue weighted by Gasteiger charge is -2.01. The van der Waals surface area contributed by atoms with E-state index in [1.807, 2.05) is 42.5 Å². The molecule has 2 aromatic heterocycles. The summed E-state index contributed by atoms with van der Waals surface area (Å²) in [5.74, 6) is 7.01. The number of benzene rings is 2. The molecule has 2 aromatic carbocycles. The van der Waals surface area contributed by atoms with Crippen LogP contribution in [0.25, 0.3) is 11.5 Å². The van der Waals surface area contributed by atoms with E-state index in [1.165, 1.54) is 18.3 Å². The number of nitrogens with one attached hydrogen (secondary N) is 2. The zero-order valence-corrected chi connectivity index (χ0v) is 18.0. The molecular weight excluding hydrogens is 422 g/mol. The minimum absolute atomic E-state index is 0.127. The van der Waals surface area contributed by atoms with Gasteiger partial charge in [-0.15, -0.1) is 11.3 Å². The standard InChI is InChI=1S/C25H19N3O3S/c1-17(29)26-15-21-13-14-23(31-21)22-16-32-25(27-22)28-24(30)20-11-9-19(10-12-20)8-7-18-5-3-2-4-6-18/h2-6,9-14,16H,15H2,1H3,(H,26,29)(H,27,28,30). The zero-order chi connectivity index (χ0) is 22.3. The highest BCUT2D eigenvalue weighted by molar-refractivity contribution is 7.14. The number of thiazole rings is 1. The largest absolute Gasteiger partial charge is 0.458 e. The lowest BCUT2D eigenvalue weighted by molar-refractivity contribution is -0.119. The lowest BCUT2D eigenvalue weighted by atomic mass is 10.1. The van der Waals surface area contributed by atoms with Crippen molar-refractivity contribution in [3.05, 3.63) is 94.6 Å². The van der Waals surface area contributed by atoms with Crippen molar-refractivity contribution < 1.29 is 14.0 Å². The number of anilines is 1. The van der Waals surface area contributed by atoms with Crippen LogP contribution in [0.5, 0.6) is 0 Å². The fourth-order valence-corrected chi connectivity index (χ4v) is 3.50. The molecule has 2 N–H and O–H groups in total. The van der Waals surface area contributed by atoms with Crippen LogP contribution in [0.2, 0.25) is 0 Å². The number of amides is 2. The third kappa shape index (κ3) is 5.50. The summed E-state index contributed by atoms with van der Waals surface area (Å²) in [5.41, 5.74) is 2.90. The van der Waals surface area contributed by atoms with Crippen molar-refractivity contribution in [3.63, 3.8) is 0 Å². The minimum atomic E-state index is -0.251. The molecule has 0 spiro atoms. The fourth-order valence-electron chi connectivity index (χ4n) is 2.81. The Kier molecular flexibility index (Phi) is 6.44. The van der Waals surface area contributed by atoms with E-state index in [0.29, 0.717) is 34.5 Å². The van der Waals surface area contributed by atoms with Crippen molar-refractivity contribution in [2.75, 3.05) is 5.32 Å². The Morgan fingerprint density at radius 3 is 2.41 bits per heavy atom. The Bertz CT molecular complexity index is 1300. The number of rotatable bonds is 5. The van der Waals surface area contributed by atoms with E-state index >= 15 is 0 Å². The summed E-state index contributed by atoms with van der Waals surface area (Å²) in [7, 11) is 0. The maximum atomic E-state index is 12.6. The van der Waals surface area contributed by atoms with E-state index in [4.69, 9.17) is 4.42 Å². The highest BCUT2D eigenvalue weighted by atomic mass is 32.1. The Labute approximate surface area is 189 Å². The molecule has 4 rings (SSSR count). The maximum Gasteiger partial charge on any atom is 0.257 e. The minimum Gasteiger partial charge on any atom is -0.458 e. The Hall–Kier alpha value is -4.15. The van der Waals surface area contributed by atoms with Crippen molar-refractivity contribution in [3.8, 4) is 23.3 Å². The lowest BCUT2D eigenvalue weighted by Crippen LogP contribution is -2.18. The second-order valence-corrected chi connectivity index (χ2v) is 7.72. The molecule has 0 fully saturated rings. The highest BCUT2D eigenvalue weighted by Crippen LogP contribution is 2.27. The quantitative estimate of drug-likeness (QED) is 0.440. The van der Waals surface area contributed by atoms with Gasteiger partial charge in [0.1, 0.15) is 11.5 Å². The molecule has 0 saturated carbocycles. The van der Waals surface area contributed by atoms with E-state index in [1.54, 1.807) is 29.6 Å². The molecule has 2 amide bonds. The Balaban J connectivity index is 1.38. The SMILES string of the molecule is CC(=O)NCc1ccc(-c2csc(NC(=O)c3ccc(C#Cc4ccccc4)cc3)n2)o1. The molecule has 0 atom stereocenters. The number of nitrogens with zero attached hydrogens (tertiary/aromatic N) is 1. The summed E-state index contributed by atoms with van der Waals surface area (Å²) in [6.45, 7) is 1.76. The van der Waals surface area contributed by atoms with E-state index in [0.717, 1.165) is 11.1 Å². The summed E-state index contributed by atoms with van der Waals surface area (Å²) >= 11 is 1.31. The normalized spacial score (nSPS) is 10.2. The van der Waals surface area contributed by atoms with E-state index in [-0.39, 0.29) is 11.8 Å². The zero-order valence-electron chi connectivity index (χ0n) is 17.2. The van der Waals surface area contributed by atoms with Gasteiger partial charge in [-0.3, -0.25) is 14.9 Å². The molecule has 158 valence electrons. The van der Waals surface area contributed by atoms with Crippen LogP contribution in [-0.4, -0.2) is 16.8 Å². The number of aromatic nitrogens is 1. The van der Waals surface area contributed by atoms with Gasteiger partial charge in [-0.2, -0.15) is 0 Å². The van der Waals surface area contributed by atoms with Crippen LogP contribution in [0.4, 0.5) is 5.13 Å². The van der Waals surface area contributed by atoms with Gasteiger partial charge in [-0.1, -0.05) is 30.0 Å². The molecule has 0 aliphatic heterocycles. The predicted octanol–water partition coefficient (Wildman–Crippen LogP) is 4.69. The molecule has 0 aliphatic rings. The summed E-state index contributed by atoms with van der Waals surface area (Å²) in [6.07, 6.45) is 0. The molecule has 0 unspecified atom stereocenters. The number of hydrogen-bond donors (Lipinski definition) is 2. The first kappa shape index (κ1) is 21.1. The monoisotopic (exact) mass is 441 g/mol. The van der Waals surface area contributed by atoms with Crippen molar-refractivity contribution in [1.82, 2.24) is 10.3 Å². The molecule has 0 aliphatic carbocycles. The summed E-state index contributed by atoms with van der Waals surface area (Å²) in [6, 6.07) is 20.4. The van der Waals surface area contributed by atoms with E-state index in [2.05, 4.69) is 27.5 Å². The van der Waals surface area contributed by atoms with Gasteiger partial charge in [0.15, 0.2) is 10.9 Å². The first-order valence-electron chi connectivity index (χ1n) is 9.84. The number of carbonyl (C=O) groups is 2. The van der Waals surface area contributed by atoms with Crippen LogP contribution < -0.4 is 10.6 Å². The van der Waals surface area contributed by atoms with Crippen molar-refractivity contribution in [1.29, 1.82) is 0 Å². The van der Waals surface area contributed by atoms with Gasteiger partial charge < -0.3 is 9.73 Å². The first-order valence-corrected chi connectivity index (χ1v) is 10.7. The van der Waals surface area contributed by atoms with E-state index in [9.17, 15) is 9.59 Å². The van der Waals surface area contributed by atoms with Crippen LogP contribution in [0.3, 0.4) is 0 Å². The molecule has 7 heteroatoms. The third-order valence-electron chi connectivity index (χ3n) is 4.42. The van der Waals surface area contributed by atoms with Gasteiger partial charge in [0.25, 0.3) is 5.91 Å². The summed E-state index contributed by atoms with van der Waals surface area (Å²) < 4.78 is 5.70. The van der Waals surface area contributed by atoms with Gasteiger partial charge >= 0.3 is 0 Å². The first-order chi connectivity index (χ1) is 15.6. The molecule has 0 bridgehead atoms. The summed E-state index contributed by atoms with van der Waals surface area (Å²) in [4.78, 5) is 28.0. The number of hydrogen-bond acceptors (Lipinski definition) is 5. The van der Waals surface area contributed by atoms with E-state index < -0.39 is 0 Å². The molecule has 32 heavy (non-hydrogen) atoms. The molecule has 0 saturated heterocycles. The van der Waals surface area contributed by atoms with Gasteiger partial charge in [-0.05, 0) is 48.5 Å². The van der Waals surface area contributed by atoms with Crippen LogP contribution in [0, 0.1) is 11.8 Å². The van der Waals surface area contributed by atoms with Gasteiger partial charge in [0.05, 0.1) is 6.54 Å². The predicted molar refractivity (Wildman–Crippen MR) is 124 cm³/mol. The Morgan fingerprint density at radius 2 is 1.69 bits per heavy atom. The fraction of sp³-hybridized carbons (Fsp3) is 0.0800. The van der Waals surface area contributed by atoms with Gasteiger partial charge in [0, 0.05) is 29.0 Å². The maximum absolute atomic E-state index is 12.6. The second-order valence-electron chi connectivity index (χ2n) is 6.86. The summed E-state index contributed by atoms with van der Waals surface area (Å²) in [5, 5.41) is 7.76. The molecular formula is C25H19N3O3S. The smallest absolute Gasteiger partial charge is 0.257 e. The van der Waals surface area contributed by atoms with Crippen molar-refractivity contribution in [2.24, 2.45) is 0 Å². The topological polar surface area (TPSA) is 84.2 Å². The van der Waals surface area contributed by atoms with Gasteiger partial charge in [0.2, 0.25) is 5.91 Å². The molecule has 4 aromatic rings. The van der Waals surface area contributed by atoms with Crippen molar-refractivity contribution >= 4 is 28.3 Å². The number of carbonyl (C=O) groups excluding carboxylic acids is 2. The highest BCUT2D eigenvalue weighted by Gasteiger charge is 2.12. The average Bonchev–Trinajstić information content (AvgIpc) is 3.47. The van der Waals surface area contributed by atoms with Crippen LogP contribution in [0.1, 0.15) is 34.2 Å². The van der Waals surface area contributed by atoms with Gasteiger partial charge in [-0.25, -0.2) is 4.98 Å². The molecule has 2 heterocycles. The average molecular weight is 442 g/mol. The van der Waals surface area contributed by atoms with Crippen LogP contribution >= 0.6 is 11.3 Å². The van der Waals surface area contributed by atoms with Crippen LogP contribution in [-0.2, 0) is 11.3 Å². The second kappa shape index (κ2) is 9.77. The Morgan fingerprint density at radius 1 is 0.969 bits per heavy atom. The van der Waals surface area contributed by atoms with Crippen molar-refractivity contribution in [2.45, 2.75) is 13.5 Å². The number of furan rings is 1.